The normalized spacial score (nSPS) is 19.1. The lowest BCUT2D eigenvalue weighted by molar-refractivity contribution is 0.0882. The van der Waals surface area contributed by atoms with E-state index in [1.807, 2.05) is 31.2 Å². The first-order valence-electron chi connectivity index (χ1n) is 8.60. The predicted molar refractivity (Wildman–Crippen MR) is 99.3 cm³/mol. The summed E-state index contributed by atoms with van der Waals surface area (Å²) >= 11 is 0. The van der Waals surface area contributed by atoms with E-state index in [-0.39, 0.29) is 5.91 Å². The van der Waals surface area contributed by atoms with E-state index in [1.165, 1.54) is 0 Å². The van der Waals surface area contributed by atoms with Gasteiger partial charge in [0.2, 0.25) is 0 Å². The van der Waals surface area contributed by atoms with Gasteiger partial charge in [0.15, 0.2) is 0 Å². The number of aryl methyl sites for hydroxylation is 1. The summed E-state index contributed by atoms with van der Waals surface area (Å²) < 4.78 is 5.30. The number of carbonyl (C=O) groups excluding carboxylic acids is 1. The first kappa shape index (κ1) is 17.6. The first-order chi connectivity index (χ1) is 12.0. The number of nitrogens with zero attached hydrogens (tertiary/aromatic N) is 3. The molecule has 0 unspecified atom stereocenters. The van der Waals surface area contributed by atoms with E-state index in [0.29, 0.717) is 18.2 Å². The van der Waals surface area contributed by atoms with E-state index in [2.05, 4.69) is 34.2 Å². The number of ether oxygens (including phenoxy) is 1. The maximum atomic E-state index is 12.8. The number of hydrogen-bond donors (Lipinski definition) is 1. The Kier molecular flexibility index (Phi) is 5.20. The molecule has 1 aliphatic rings. The fraction of sp³-hybridized carbons (Fsp3) is 0.474. The Morgan fingerprint density at radius 3 is 2.88 bits per heavy atom. The van der Waals surface area contributed by atoms with Gasteiger partial charge >= 0.3 is 0 Å². The molecule has 0 spiro atoms. The minimum absolute atomic E-state index is 0.0645. The molecule has 0 radical (unpaired) electrons. The van der Waals surface area contributed by atoms with Crippen molar-refractivity contribution >= 4 is 16.8 Å². The molecule has 1 aliphatic heterocycles. The van der Waals surface area contributed by atoms with Crippen molar-refractivity contribution in [1.82, 2.24) is 20.1 Å². The van der Waals surface area contributed by atoms with E-state index < -0.39 is 0 Å². The van der Waals surface area contributed by atoms with Gasteiger partial charge < -0.3 is 15.0 Å². The fourth-order valence-electron chi connectivity index (χ4n) is 3.28. The number of amides is 1. The number of piperazine rings is 1. The van der Waals surface area contributed by atoms with Crippen molar-refractivity contribution in [2.24, 2.45) is 0 Å². The van der Waals surface area contributed by atoms with Crippen molar-refractivity contribution in [2.75, 3.05) is 47.4 Å². The van der Waals surface area contributed by atoms with E-state index in [1.54, 1.807) is 7.11 Å². The molecule has 1 N–H and O–H groups in total. The molecule has 1 amide bonds. The fourth-order valence-corrected chi connectivity index (χ4v) is 3.28. The number of rotatable bonds is 4. The summed E-state index contributed by atoms with van der Waals surface area (Å²) in [5.74, 6) is 0.659. The van der Waals surface area contributed by atoms with Crippen LogP contribution in [0, 0.1) is 6.92 Å². The van der Waals surface area contributed by atoms with Crippen LogP contribution in [0.5, 0.6) is 5.75 Å². The summed E-state index contributed by atoms with van der Waals surface area (Å²) in [6.07, 6.45) is 0. The summed E-state index contributed by atoms with van der Waals surface area (Å²) in [7, 11) is 5.85. The Balaban J connectivity index is 1.81. The van der Waals surface area contributed by atoms with Crippen molar-refractivity contribution in [3.05, 3.63) is 35.5 Å². The molecule has 0 aliphatic carbocycles. The van der Waals surface area contributed by atoms with Crippen LogP contribution in [0.15, 0.2) is 24.3 Å². The van der Waals surface area contributed by atoms with Crippen LogP contribution in [0.3, 0.4) is 0 Å². The van der Waals surface area contributed by atoms with Crippen molar-refractivity contribution in [3.63, 3.8) is 0 Å². The number of benzene rings is 1. The van der Waals surface area contributed by atoms with E-state index in [0.717, 1.165) is 42.0 Å². The zero-order chi connectivity index (χ0) is 18.0. The molecule has 2 heterocycles. The highest BCUT2D eigenvalue weighted by molar-refractivity contribution is 6.06. The molecule has 1 aromatic carbocycles. The van der Waals surface area contributed by atoms with Gasteiger partial charge in [-0.15, -0.1) is 0 Å². The molecule has 134 valence electrons. The third kappa shape index (κ3) is 3.91. The Hall–Kier alpha value is -2.18. The van der Waals surface area contributed by atoms with Gasteiger partial charge in [-0.1, -0.05) is 0 Å². The Morgan fingerprint density at radius 2 is 2.12 bits per heavy atom. The highest BCUT2D eigenvalue weighted by atomic mass is 16.5. The second kappa shape index (κ2) is 7.37. The van der Waals surface area contributed by atoms with E-state index in [4.69, 9.17) is 4.74 Å². The molecule has 0 saturated carbocycles. The first-order valence-corrected chi connectivity index (χ1v) is 8.60. The SMILES string of the molecule is COc1ccc2nc(C)cc(C(=O)NC[C@H]3CN(C)CCN3C)c2c1. The largest absolute Gasteiger partial charge is 0.497 e. The van der Waals surface area contributed by atoms with Gasteiger partial charge in [-0.05, 0) is 45.3 Å². The second-order valence-electron chi connectivity index (χ2n) is 6.80. The minimum atomic E-state index is -0.0645. The number of hydrogen-bond acceptors (Lipinski definition) is 5. The van der Waals surface area contributed by atoms with Gasteiger partial charge in [-0.2, -0.15) is 0 Å². The zero-order valence-electron chi connectivity index (χ0n) is 15.4. The average Bonchev–Trinajstić information content (AvgIpc) is 2.61. The molecule has 6 heteroatoms. The lowest BCUT2D eigenvalue weighted by Gasteiger charge is -2.37. The minimum Gasteiger partial charge on any atom is -0.497 e. The molecule has 1 aromatic heterocycles. The molecule has 1 saturated heterocycles. The van der Waals surface area contributed by atoms with E-state index in [9.17, 15) is 4.79 Å². The zero-order valence-corrected chi connectivity index (χ0v) is 15.4. The van der Waals surface area contributed by atoms with Crippen molar-refractivity contribution < 1.29 is 9.53 Å². The lowest BCUT2D eigenvalue weighted by Crippen LogP contribution is -2.54. The van der Waals surface area contributed by atoms with Gasteiger partial charge in [-0.3, -0.25) is 14.7 Å². The summed E-state index contributed by atoms with van der Waals surface area (Å²) in [6, 6.07) is 7.79. The number of methoxy groups -OCH3 is 1. The molecule has 25 heavy (non-hydrogen) atoms. The maximum absolute atomic E-state index is 12.8. The summed E-state index contributed by atoms with van der Waals surface area (Å²) in [5, 5.41) is 3.92. The van der Waals surface area contributed by atoms with Crippen LogP contribution in [0.2, 0.25) is 0 Å². The van der Waals surface area contributed by atoms with Gasteiger partial charge in [-0.25, -0.2) is 0 Å². The number of pyridine rings is 1. The average molecular weight is 342 g/mol. The number of aromatic nitrogens is 1. The monoisotopic (exact) mass is 342 g/mol. The predicted octanol–water partition coefficient (Wildman–Crippen LogP) is 1.53. The maximum Gasteiger partial charge on any atom is 0.252 e. The summed E-state index contributed by atoms with van der Waals surface area (Å²) in [4.78, 5) is 21.9. The van der Waals surface area contributed by atoms with Crippen LogP contribution < -0.4 is 10.1 Å². The van der Waals surface area contributed by atoms with Crippen molar-refractivity contribution in [3.8, 4) is 5.75 Å². The van der Waals surface area contributed by atoms with Crippen LogP contribution in [0.1, 0.15) is 16.1 Å². The quantitative estimate of drug-likeness (QED) is 0.913. The number of fused-ring (bicyclic) bond motifs is 1. The molecule has 2 aromatic rings. The topological polar surface area (TPSA) is 57.7 Å². The smallest absolute Gasteiger partial charge is 0.252 e. The van der Waals surface area contributed by atoms with Gasteiger partial charge in [0.05, 0.1) is 18.2 Å². The Labute approximate surface area is 148 Å². The van der Waals surface area contributed by atoms with Crippen molar-refractivity contribution in [1.29, 1.82) is 0 Å². The summed E-state index contributed by atoms with van der Waals surface area (Å²) in [5.41, 5.74) is 2.28. The van der Waals surface area contributed by atoms with Crippen LogP contribution in [0.4, 0.5) is 0 Å². The van der Waals surface area contributed by atoms with Crippen molar-refractivity contribution in [2.45, 2.75) is 13.0 Å². The van der Waals surface area contributed by atoms with Crippen LogP contribution in [-0.4, -0.2) is 74.1 Å². The molecular weight excluding hydrogens is 316 g/mol. The molecule has 0 bridgehead atoms. The number of nitrogens with one attached hydrogen (secondary N) is 1. The van der Waals surface area contributed by atoms with Gasteiger partial charge in [0.1, 0.15) is 5.75 Å². The Morgan fingerprint density at radius 1 is 1.32 bits per heavy atom. The lowest BCUT2D eigenvalue weighted by atomic mass is 10.1. The van der Waals surface area contributed by atoms with Crippen LogP contribution >= 0.6 is 0 Å². The second-order valence-corrected chi connectivity index (χ2v) is 6.80. The highest BCUT2D eigenvalue weighted by Gasteiger charge is 2.23. The third-order valence-electron chi connectivity index (χ3n) is 4.87. The molecule has 3 rings (SSSR count). The molecule has 1 atom stereocenters. The van der Waals surface area contributed by atoms with E-state index >= 15 is 0 Å². The molecule has 6 nitrogen and oxygen atoms in total. The van der Waals surface area contributed by atoms with Gasteiger partial charge in [0.25, 0.3) is 5.91 Å². The summed E-state index contributed by atoms with van der Waals surface area (Å²) in [6.45, 7) is 5.58. The molecule has 1 fully saturated rings. The third-order valence-corrected chi connectivity index (χ3v) is 4.87. The van der Waals surface area contributed by atoms with Crippen LogP contribution in [-0.2, 0) is 0 Å². The number of likely N-dealkylation sites (N-methyl/N-ethyl adjacent to an activating group) is 2. The molecular formula is C19H26N4O2. The van der Waals surface area contributed by atoms with Gasteiger partial charge in [0, 0.05) is 43.3 Å². The standard InChI is InChI=1S/C19H26N4O2/c1-13-9-17(16-10-15(25-4)5-6-18(16)21-13)19(24)20-11-14-12-22(2)7-8-23(14)3/h5-6,9-10,14H,7-8,11-12H2,1-4H3,(H,20,24)/t14-/m0/s1. The van der Waals surface area contributed by atoms with Crippen LogP contribution in [0.25, 0.3) is 10.9 Å². The Bertz CT molecular complexity index is 777. The number of carbonyl (C=O) groups is 1. The highest BCUT2D eigenvalue weighted by Crippen LogP contribution is 2.23.